The van der Waals surface area contributed by atoms with E-state index in [4.69, 9.17) is 10.4 Å². The second-order valence-corrected chi connectivity index (χ2v) is 4.74. The fourth-order valence-electron chi connectivity index (χ4n) is 2.58. The summed E-state index contributed by atoms with van der Waals surface area (Å²) in [5, 5.41) is 18.1. The van der Waals surface area contributed by atoms with E-state index < -0.39 is 0 Å². The number of halogens is 1. The highest BCUT2D eigenvalue weighted by atomic mass is 19.1. The Bertz CT molecular complexity index is 454. The van der Waals surface area contributed by atoms with E-state index in [0.29, 0.717) is 11.5 Å². The molecule has 18 heavy (non-hydrogen) atoms. The molecule has 1 saturated heterocycles. The van der Waals surface area contributed by atoms with E-state index in [9.17, 15) is 4.39 Å². The minimum atomic E-state index is -0.376. The molecule has 0 radical (unpaired) electrons. The fourth-order valence-corrected chi connectivity index (χ4v) is 2.58. The summed E-state index contributed by atoms with van der Waals surface area (Å²) in [6.45, 7) is 1.93. The summed E-state index contributed by atoms with van der Waals surface area (Å²) in [5.41, 5.74) is 1.20. The van der Waals surface area contributed by atoms with Crippen LogP contribution in [0.15, 0.2) is 18.2 Å². The molecule has 0 aliphatic carbocycles. The maximum absolute atomic E-state index is 13.1. The minimum absolute atomic E-state index is 0.201. The van der Waals surface area contributed by atoms with E-state index in [-0.39, 0.29) is 12.4 Å². The van der Waals surface area contributed by atoms with Crippen molar-refractivity contribution in [2.45, 2.75) is 19.3 Å². The van der Waals surface area contributed by atoms with Gasteiger partial charge in [-0.3, -0.25) is 0 Å². The van der Waals surface area contributed by atoms with Gasteiger partial charge in [0, 0.05) is 19.7 Å². The maximum atomic E-state index is 13.1. The lowest BCUT2D eigenvalue weighted by molar-refractivity contribution is 0.244. The molecule has 96 valence electrons. The lowest BCUT2D eigenvalue weighted by Gasteiger charge is -2.34. The minimum Gasteiger partial charge on any atom is -0.396 e. The molecule has 1 aliphatic heterocycles. The molecular formula is C14H17FN2O. The Morgan fingerprint density at radius 2 is 2.33 bits per heavy atom. The Labute approximate surface area is 106 Å². The van der Waals surface area contributed by atoms with Gasteiger partial charge in [-0.1, -0.05) is 0 Å². The molecule has 3 nitrogen and oxygen atoms in total. The van der Waals surface area contributed by atoms with Crippen molar-refractivity contribution < 1.29 is 9.50 Å². The smallest absolute Gasteiger partial charge is 0.124 e. The number of nitriles is 1. The van der Waals surface area contributed by atoms with Crippen molar-refractivity contribution in [3.05, 3.63) is 29.6 Å². The summed E-state index contributed by atoms with van der Waals surface area (Å²) in [7, 11) is 0. The molecule has 2 rings (SSSR count). The Kier molecular flexibility index (Phi) is 4.16. The zero-order chi connectivity index (χ0) is 13.0. The van der Waals surface area contributed by atoms with E-state index in [1.165, 1.54) is 12.1 Å². The van der Waals surface area contributed by atoms with Crippen LogP contribution >= 0.6 is 0 Å². The molecule has 1 aromatic carbocycles. The van der Waals surface area contributed by atoms with Crippen LogP contribution in [0.25, 0.3) is 0 Å². The zero-order valence-corrected chi connectivity index (χ0v) is 10.3. The van der Waals surface area contributed by atoms with E-state index in [1.807, 2.05) is 6.07 Å². The average Bonchev–Trinajstić information content (AvgIpc) is 2.39. The first kappa shape index (κ1) is 12.8. The third kappa shape index (κ3) is 2.80. The highest BCUT2D eigenvalue weighted by Gasteiger charge is 2.21. The SMILES string of the molecule is N#Cc1cc(F)ccc1N1CCCC(CCO)C1. The quantitative estimate of drug-likeness (QED) is 0.892. The van der Waals surface area contributed by atoms with Crippen LogP contribution in [-0.2, 0) is 0 Å². The van der Waals surface area contributed by atoms with Gasteiger partial charge in [-0.05, 0) is 43.4 Å². The lowest BCUT2D eigenvalue weighted by Crippen LogP contribution is -2.36. The van der Waals surface area contributed by atoms with Crippen molar-refractivity contribution >= 4 is 5.69 Å². The summed E-state index contributed by atoms with van der Waals surface area (Å²) in [6, 6.07) is 6.40. The van der Waals surface area contributed by atoms with E-state index in [2.05, 4.69) is 4.90 Å². The largest absolute Gasteiger partial charge is 0.396 e. The van der Waals surface area contributed by atoms with Crippen molar-refractivity contribution in [1.29, 1.82) is 5.26 Å². The molecular weight excluding hydrogens is 231 g/mol. The second kappa shape index (κ2) is 5.83. The van der Waals surface area contributed by atoms with Gasteiger partial charge in [-0.25, -0.2) is 4.39 Å². The highest BCUT2D eigenvalue weighted by molar-refractivity contribution is 5.59. The number of anilines is 1. The summed E-state index contributed by atoms with van der Waals surface area (Å²) < 4.78 is 13.1. The number of benzene rings is 1. The number of piperidine rings is 1. The molecule has 0 spiro atoms. The molecule has 1 aromatic rings. The van der Waals surface area contributed by atoms with Crippen molar-refractivity contribution in [3.8, 4) is 6.07 Å². The van der Waals surface area contributed by atoms with Crippen LogP contribution in [0.4, 0.5) is 10.1 Å². The Morgan fingerprint density at radius 3 is 3.06 bits per heavy atom. The number of nitrogens with zero attached hydrogens (tertiary/aromatic N) is 2. The van der Waals surface area contributed by atoms with Gasteiger partial charge in [-0.2, -0.15) is 5.26 Å². The molecule has 1 aliphatic rings. The van der Waals surface area contributed by atoms with Gasteiger partial charge in [0.15, 0.2) is 0 Å². The third-order valence-corrected chi connectivity index (χ3v) is 3.48. The van der Waals surface area contributed by atoms with Gasteiger partial charge in [-0.15, -0.1) is 0 Å². The standard InChI is InChI=1S/C14H17FN2O/c15-13-3-4-14(12(8-13)9-16)17-6-1-2-11(10-17)5-7-18/h3-4,8,11,18H,1-2,5-7,10H2. The summed E-state index contributed by atoms with van der Waals surface area (Å²) >= 11 is 0. The predicted molar refractivity (Wildman–Crippen MR) is 67.8 cm³/mol. The topological polar surface area (TPSA) is 47.3 Å². The van der Waals surface area contributed by atoms with Crippen molar-refractivity contribution in [2.24, 2.45) is 5.92 Å². The van der Waals surface area contributed by atoms with Gasteiger partial charge in [0.05, 0.1) is 11.3 Å². The van der Waals surface area contributed by atoms with Crippen LogP contribution in [0, 0.1) is 23.1 Å². The molecule has 0 amide bonds. The molecule has 4 heteroatoms. The first-order valence-electron chi connectivity index (χ1n) is 6.30. The monoisotopic (exact) mass is 248 g/mol. The number of aliphatic hydroxyl groups is 1. The third-order valence-electron chi connectivity index (χ3n) is 3.48. The van der Waals surface area contributed by atoms with Crippen LogP contribution in [0.2, 0.25) is 0 Å². The summed E-state index contributed by atoms with van der Waals surface area (Å²) in [5.74, 6) is 0.0829. The molecule has 0 saturated carbocycles. The van der Waals surface area contributed by atoms with Crippen LogP contribution in [0.1, 0.15) is 24.8 Å². The van der Waals surface area contributed by atoms with Gasteiger partial charge < -0.3 is 10.0 Å². The Morgan fingerprint density at radius 1 is 1.50 bits per heavy atom. The van der Waals surface area contributed by atoms with Crippen LogP contribution < -0.4 is 4.90 Å². The highest BCUT2D eigenvalue weighted by Crippen LogP contribution is 2.27. The Balaban J connectivity index is 2.18. The van der Waals surface area contributed by atoms with Crippen molar-refractivity contribution in [3.63, 3.8) is 0 Å². The van der Waals surface area contributed by atoms with Gasteiger partial charge >= 0.3 is 0 Å². The number of hydrogen-bond donors (Lipinski definition) is 1. The van der Waals surface area contributed by atoms with Crippen molar-refractivity contribution in [1.82, 2.24) is 0 Å². The van der Waals surface area contributed by atoms with Crippen LogP contribution in [-0.4, -0.2) is 24.8 Å². The second-order valence-electron chi connectivity index (χ2n) is 4.74. The number of hydrogen-bond acceptors (Lipinski definition) is 3. The first-order chi connectivity index (χ1) is 8.74. The first-order valence-corrected chi connectivity index (χ1v) is 6.30. The van der Waals surface area contributed by atoms with Crippen molar-refractivity contribution in [2.75, 3.05) is 24.6 Å². The van der Waals surface area contributed by atoms with Gasteiger partial charge in [0.2, 0.25) is 0 Å². The molecule has 1 unspecified atom stereocenters. The predicted octanol–water partition coefficient (Wildman–Crippen LogP) is 2.30. The number of aliphatic hydroxyl groups excluding tert-OH is 1. The maximum Gasteiger partial charge on any atom is 0.124 e. The van der Waals surface area contributed by atoms with Gasteiger partial charge in [0.25, 0.3) is 0 Å². The van der Waals surface area contributed by atoms with Crippen LogP contribution in [0.5, 0.6) is 0 Å². The Hall–Kier alpha value is -1.60. The van der Waals surface area contributed by atoms with E-state index in [0.717, 1.165) is 38.0 Å². The fraction of sp³-hybridized carbons (Fsp3) is 0.500. The molecule has 1 atom stereocenters. The summed E-state index contributed by atoms with van der Waals surface area (Å²) in [4.78, 5) is 2.13. The van der Waals surface area contributed by atoms with Crippen LogP contribution in [0.3, 0.4) is 0 Å². The van der Waals surface area contributed by atoms with E-state index in [1.54, 1.807) is 6.07 Å². The lowest BCUT2D eigenvalue weighted by atomic mass is 9.94. The summed E-state index contributed by atoms with van der Waals surface area (Å²) in [6.07, 6.45) is 2.95. The molecule has 1 fully saturated rings. The average molecular weight is 248 g/mol. The zero-order valence-electron chi connectivity index (χ0n) is 10.3. The van der Waals surface area contributed by atoms with Gasteiger partial charge in [0.1, 0.15) is 11.9 Å². The normalized spacial score (nSPS) is 19.6. The number of rotatable bonds is 3. The molecule has 1 heterocycles. The van der Waals surface area contributed by atoms with E-state index >= 15 is 0 Å². The molecule has 0 aromatic heterocycles. The molecule has 1 N–H and O–H groups in total. The molecule has 0 bridgehead atoms.